The van der Waals surface area contributed by atoms with E-state index in [0.717, 1.165) is 15.6 Å². The summed E-state index contributed by atoms with van der Waals surface area (Å²) in [6.45, 7) is 0. The van der Waals surface area contributed by atoms with Gasteiger partial charge in [-0.1, -0.05) is 33.2 Å². The summed E-state index contributed by atoms with van der Waals surface area (Å²) in [4.78, 5) is 4.38. The summed E-state index contributed by atoms with van der Waals surface area (Å²) in [6, 6.07) is 13.2. The van der Waals surface area contributed by atoms with E-state index in [2.05, 4.69) is 26.1 Å². The van der Waals surface area contributed by atoms with Gasteiger partial charge in [-0.25, -0.2) is 0 Å². The monoisotopic (exact) mass is 344 g/mol. The standard InChI is InChI=1S/C15H13BrN4O/c16-11-3-1-9(2-4-11)5-14-19-15(21-20-14)10-6-12(17)8-13(18)7-10/h1-4,6-8H,5,17-18H2. The van der Waals surface area contributed by atoms with Crippen molar-refractivity contribution in [1.82, 2.24) is 10.1 Å². The number of aromatic nitrogens is 2. The lowest BCUT2D eigenvalue weighted by Gasteiger charge is -1.99. The van der Waals surface area contributed by atoms with E-state index in [0.29, 0.717) is 29.5 Å². The molecule has 2 aromatic carbocycles. The Hall–Kier alpha value is -2.34. The molecule has 0 aliphatic rings. The predicted octanol–water partition coefficient (Wildman–Crippen LogP) is 3.25. The van der Waals surface area contributed by atoms with Crippen LogP contribution in [0.4, 0.5) is 11.4 Å². The summed E-state index contributed by atoms with van der Waals surface area (Å²) in [6.07, 6.45) is 0.606. The molecule has 5 nitrogen and oxygen atoms in total. The zero-order chi connectivity index (χ0) is 14.8. The molecule has 0 saturated heterocycles. The van der Waals surface area contributed by atoms with Crippen LogP contribution in [0, 0.1) is 0 Å². The molecular formula is C15H13BrN4O. The van der Waals surface area contributed by atoms with Gasteiger partial charge in [0.15, 0.2) is 5.82 Å². The van der Waals surface area contributed by atoms with Gasteiger partial charge in [0.25, 0.3) is 5.89 Å². The number of halogens is 1. The number of nitrogen functional groups attached to an aromatic ring is 2. The topological polar surface area (TPSA) is 91.0 Å². The third-order valence-corrected chi connectivity index (χ3v) is 3.50. The zero-order valence-electron chi connectivity index (χ0n) is 11.1. The maximum atomic E-state index is 5.77. The van der Waals surface area contributed by atoms with E-state index < -0.39 is 0 Å². The van der Waals surface area contributed by atoms with Crippen molar-refractivity contribution < 1.29 is 4.52 Å². The molecule has 4 N–H and O–H groups in total. The van der Waals surface area contributed by atoms with Crippen LogP contribution in [-0.2, 0) is 6.42 Å². The van der Waals surface area contributed by atoms with Gasteiger partial charge in [-0.05, 0) is 35.9 Å². The minimum atomic E-state index is 0.418. The van der Waals surface area contributed by atoms with Crippen molar-refractivity contribution in [3.05, 3.63) is 58.3 Å². The fourth-order valence-corrected chi connectivity index (χ4v) is 2.29. The smallest absolute Gasteiger partial charge is 0.258 e. The molecule has 1 aromatic heterocycles. The first-order valence-electron chi connectivity index (χ1n) is 6.33. The van der Waals surface area contributed by atoms with E-state index in [9.17, 15) is 0 Å². The van der Waals surface area contributed by atoms with E-state index in [-0.39, 0.29) is 0 Å². The van der Waals surface area contributed by atoms with E-state index in [1.807, 2.05) is 24.3 Å². The SMILES string of the molecule is Nc1cc(N)cc(-c2nc(Cc3ccc(Br)cc3)no2)c1. The average molecular weight is 345 g/mol. The van der Waals surface area contributed by atoms with Crippen LogP contribution in [0.3, 0.4) is 0 Å². The van der Waals surface area contributed by atoms with Gasteiger partial charge in [0, 0.05) is 27.8 Å². The first-order chi connectivity index (χ1) is 10.1. The molecule has 0 bridgehead atoms. The number of nitrogens with two attached hydrogens (primary N) is 2. The molecule has 0 saturated carbocycles. The fraction of sp³-hybridized carbons (Fsp3) is 0.0667. The number of hydrogen-bond donors (Lipinski definition) is 2. The second kappa shape index (κ2) is 5.57. The first kappa shape index (κ1) is 13.6. The molecule has 3 rings (SSSR count). The van der Waals surface area contributed by atoms with E-state index in [1.165, 1.54) is 0 Å². The largest absolute Gasteiger partial charge is 0.399 e. The summed E-state index contributed by atoms with van der Waals surface area (Å²) in [5, 5.41) is 3.99. The Balaban J connectivity index is 1.84. The van der Waals surface area contributed by atoms with Crippen molar-refractivity contribution in [2.75, 3.05) is 11.5 Å². The van der Waals surface area contributed by atoms with Crippen molar-refractivity contribution >= 4 is 27.3 Å². The highest BCUT2D eigenvalue weighted by Crippen LogP contribution is 2.23. The van der Waals surface area contributed by atoms with Crippen LogP contribution in [-0.4, -0.2) is 10.1 Å². The molecule has 0 unspecified atom stereocenters. The Morgan fingerprint density at radius 1 is 1.00 bits per heavy atom. The second-order valence-electron chi connectivity index (χ2n) is 4.71. The maximum absolute atomic E-state index is 5.77. The minimum absolute atomic E-state index is 0.418. The Bertz CT molecular complexity index is 747. The van der Waals surface area contributed by atoms with E-state index >= 15 is 0 Å². The van der Waals surface area contributed by atoms with Crippen molar-refractivity contribution in [3.63, 3.8) is 0 Å². The highest BCUT2D eigenvalue weighted by Gasteiger charge is 2.10. The van der Waals surface area contributed by atoms with Gasteiger partial charge >= 0.3 is 0 Å². The average Bonchev–Trinajstić information content (AvgIpc) is 2.89. The Kier molecular flexibility index (Phi) is 3.62. The molecule has 1 heterocycles. The lowest BCUT2D eigenvalue weighted by atomic mass is 10.1. The molecule has 0 amide bonds. The van der Waals surface area contributed by atoms with Crippen molar-refractivity contribution in [2.45, 2.75) is 6.42 Å². The third-order valence-electron chi connectivity index (χ3n) is 2.97. The van der Waals surface area contributed by atoms with Crippen molar-refractivity contribution in [3.8, 4) is 11.5 Å². The number of hydrogen-bond acceptors (Lipinski definition) is 5. The summed E-state index contributed by atoms with van der Waals surface area (Å²) in [7, 11) is 0. The summed E-state index contributed by atoms with van der Waals surface area (Å²) in [5.74, 6) is 1.04. The van der Waals surface area contributed by atoms with Gasteiger partial charge in [-0.2, -0.15) is 4.98 Å². The van der Waals surface area contributed by atoms with Crippen LogP contribution in [0.15, 0.2) is 51.5 Å². The number of anilines is 2. The van der Waals surface area contributed by atoms with Crippen molar-refractivity contribution in [1.29, 1.82) is 0 Å². The van der Waals surface area contributed by atoms with Gasteiger partial charge in [0.1, 0.15) is 0 Å². The molecule has 3 aromatic rings. The Morgan fingerprint density at radius 3 is 2.33 bits per heavy atom. The predicted molar refractivity (Wildman–Crippen MR) is 85.5 cm³/mol. The Labute approximate surface area is 130 Å². The van der Waals surface area contributed by atoms with E-state index in [1.54, 1.807) is 18.2 Å². The number of rotatable bonds is 3. The zero-order valence-corrected chi connectivity index (χ0v) is 12.7. The van der Waals surface area contributed by atoms with Crippen LogP contribution < -0.4 is 11.5 Å². The fourth-order valence-electron chi connectivity index (χ4n) is 2.03. The molecule has 0 spiro atoms. The minimum Gasteiger partial charge on any atom is -0.399 e. The molecular weight excluding hydrogens is 332 g/mol. The maximum Gasteiger partial charge on any atom is 0.258 e. The van der Waals surface area contributed by atoms with Gasteiger partial charge in [0.05, 0.1) is 0 Å². The molecule has 0 aliphatic heterocycles. The van der Waals surface area contributed by atoms with E-state index in [4.69, 9.17) is 16.0 Å². The second-order valence-corrected chi connectivity index (χ2v) is 5.62. The summed E-state index contributed by atoms with van der Waals surface area (Å²) >= 11 is 3.41. The van der Waals surface area contributed by atoms with Gasteiger partial charge in [0.2, 0.25) is 0 Å². The van der Waals surface area contributed by atoms with Crippen LogP contribution in [0.1, 0.15) is 11.4 Å². The van der Waals surface area contributed by atoms with Crippen LogP contribution in [0.25, 0.3) is 11.5 Å². The summed E-state index contributed by atoms with van der Waals surface area (Å²) in [5.41, 5.74) is 14.5. The summed E-state index contributed by atoms with van der Waals surface area (Å²) < 4.78 is 6.31. The lowest BCUT2D eigenvalue weighted by molar-refractivity contribution is 0.424. The third kappa shape index (κ3) is 3.22. The highest BCUT2D eigenvalue weighted by atomic mass is 79.9. The molecule has 0 atom stereocenters. The lowest BCUT2D eigenvalue weighted by Crippen LogP contribution is -1.92. The molecule has 0 fully saturated rings. The van der Waals surface area contributed by atoms with Crippen LogP contribution in [0.5, 0.6) is 0 Å². The van der Waals surface area contributed by atoms with Gasteiger partial charge in [-0.15, -0.1) is 0 Å². The molecule has 21 heavy (non-hydrogen) atoms. The van der Waals surface area contributed by atoms with Gasteiger partial charge in [-0.3, -0.25) is 0 Å². The van der Waals surface area contributed by atoms with Crippen LogP contribution in [0.2, 0.25) is 0 Å². The normalized spacial score (nSPS) is 10.7. The Morgan fingerprint density at radius 2 is 1.67 bits per heavy atom. The molecule has 0 aliphatic carbocycles. The quantitative estimate of drug-likeness (QED) is 0.711. The van der Waals surface area contributed by atoms with Crippen molar-refractivity contribution in [2.24, 2.45) is 0 Å². The molecule has 0 radical (unpaired) electrons. The molecule has 106 valence electrons. The van der Waals surface area contributed by atoms with Crippen LogP contribution >= 0.6 is 15.9 Å². The number of benzene rings is 2. The first-order valence-corrected chi connectivity index (χ1v) is 7.13. The van der Waals surface area contributed by atoms with Gasteiger partial charge < -0.3 is 16.0 Å². The molecule has 6 heteroatoms. The highest BCUT2D eigenvalue weighted by molar-refractivity contribution is 9.10. The number of nitrogens with zero attached hydrogens (tertiary/aromatic N) is 2.